The lowest BCUT2D eigenvalue weighted by Crippen LogP contribution is -2.16. The van der Waals surface area contributed by atoms with E-state index in [-0.39, 0.29) is 17.1 Å². The molecule has 0 saturated heterocycles. The summed E-state index contributed by atoms with van der Waals surface area (Å²) in [5.41, 5.74) is 6.14. The van der Waals surface area contributed by atoms with Gasteiger partial charge in [0.15, 0.2) is 15.6 Å². The third-order valence-corrected chi connectivity index (χ3v) is 4.15. The van der Waals surface area contributed by atoms with Crippen LogP contribution in [0.3, 0.4) is 0 Å². The van der Waals surface area contributed by atoms with Crippen molar-refractivity contribution in [3.63, 3.8) is 0 Å². The van der Waals surface area contributed by atoms with E-state index in [1.54, 1.807) is 6.07 Å². The molecule has 1 aromatic rings. The molecule has 0 aliphatic rings. The first-order valence-corrected chi connectivity index (χ1v) is 7.90. The molecule has 1 atom stereocenters. The summed E-state index contributed by atoms with van der Waals surface area (Å²) in [6, 6.07) is 2.11. The minimum atomic E-state index is -3.51. The van der Waals surface area contributed by atoms with E-state index in [1.165, 1.54) is 13.2 Å². The molecule has 0 heterocycles. The number of nitrogens with two attached hydrogens (primary N) is 1. The van der Waals surface area contributed by atoms with Gasteiger partial charge in [0.2, 0.25) is 0 Å². The second kappa shape index (κ2) is 5.89. The van der Waals surface area contributed by atoms with Crippen LogP contribution in [-0.2, 0) is 14.6 Å². The van der Waals surface area contributed by atoms with Gasteiger partial charge in [-0.15, -0.1) is 0 Å². The standard InChI is InChI=1S/C11H14BrNO5S/c1-18-11-7(12)3-6(8(13)5-10(14)15)4-9(11)19(2,16)17/h3-4,8H,5,13H2,1-2H3,(H,14,15). The van der Waals surface area contributed by atoms with Gasteiger partial charge in [-0.2, -0.15) is 0 Å². The molecule has 0 amide bonds. The molecule has 0 aliphatic heterocycles. The molecule has 1 unspecified atom stereocenters. The number of methoxy groups -OCH3 is 1. The minimum Gasteiger partial charge on any atom is -0.494 e. The van der Waals surface area contributed by atoms with Crippen molar-refractivity contribution in [1.29, 1.82) is 0 Å². The summed E-state index contributed by atoms with van der Waals surface area (Å²) < 4.78 is 28.9. The van der Waals surface area contributed by atoms with Gasteiger partial charge in [0.05, 0.1) is 18.0 Å². The molecule has 8 heteroatoms. The van der Waals surface area contributed by atoms with Crippen LogP contribution in [0.5, 0.6) is 5.75 Å². The second-order valence-electron chi connectivity index (χ2n) is 4.01. The van der Waals surface area contributed by atoms with Crippen LogP contribution in [0.2, 0.25) is 0 Å². The number of halogens is 1. The summed E-state index contributed by atoms with van der Waals surface area (Å²) in [4.78, 5) is 10.6. The molecule has 1 aromatic carbocycles. The van der Waals surface area contributed by atoms with Gasteiger partial charge in [0.25, 0.3) is 0 Å². The van der Waals surface area contributed by atoms with E-state index in [0.29, 0.717) is 10.0 Å². The molecule has 3 N–H and O–H groups in total. The molecule has 0 spiro atoms. The van der Waals surface area contributed by atoms with Crippen LogP contribution in [0.1, 0.15) is 18.0 Å². The smallest absolute Gasteiger partial charge is 0.305 e. The quantitative estimate of drug-likeness (QED) is 0.828. The topological polar surface area (TPSA) is 107 Å². The zero-order valence-electron chi connectivity index (χ0n) is 10.4. The maximum atomic E-state index is 11.7. The highest BCUT2D eigenvalue weighted by atomic mass is 79.9. The molecule has 6 nitrogen and oxygen atoms in total. The first kappa shape index (κ1) is 15.9. The minimum absolute atomic E-state index is 0.0276. The highest BCUT2D eigenvalue weighted by Crippen LogP contribution is 2.35. The van der Waals surface area contributed by atoms with E-state index < -0.39 is 21.8 Å². The van der Waals surface area contributed by atoms with Crippen LogP contribution in [-0.4, -0.2) is 32.9 Å². The number of carbonyl (C=O) groups is 1. The van der Waals surface area contributed by atoms with E-state index >= 15 is 0 Å². The van der Waals surface area contributed by atoms with Gasteiger partial charge in [-0.25, -0.2) is 8.42 Å². The number of hydrogen-bond acceptors (Lipinski definition) is 5. The summed E-state index contributed by atoms with van der Waals surface area (Å²) in [6.45, 7) is 0. The first-order valence-electron chi connectivity index (χ1n) is 5.21. The predicted octanol–water partition coefficient (Wildman–Crippen LogP) is 1.34. The summed E-state index contributed by atoms with van der Waals surface area (Å²) in [6.07, 6.45) is 0.756. The second-order valence-corrected chi connectivity index (χ2v) is 6.85. The average Bonchev–Trinajstić information content (AvgIpc) is 2.25. The lowest BCUT2D eigenvalue weighted by molar-refractivity contribution is -0.137. The third-order valence-electron chi connectivity index (χ3n) is 2.46. The van der Waals surface area contributed by atoms with Gasteiger partial charge in [-0.1, -0.05) is 0 Å². The van der Waals surface area contributed by atoms with Crippen LogP contribution in [0.15, 0.2) is 21.5 Å². The van der Waals surface area contributed by atoms with E-state index in [9.17, 15) is 13.2 Å². The fraction of sp³-hybridized carbons (Fsp3) is 0.364. The van der Waals surface area contributed by atoms with Crippen molar-refractivity contribution < 1.29 is 23.1 Å². The van der Waals surface area contributed by atoms with Crippen molar-refractivity contribution in [2.75, 3.05) is 13.4 Å². The Morgan fingerprint density at radius 1 is 1.53 bits per heavy atom. The highest BCUT2D eigenvalue weighted by molar-refractivity contribution is 9.10. The SMILES string of the molecule is COc1c(Br)cc(C(N)CC(=O)O)cc1S(C)(=O)=O. The maximum Gasteiger partial charge on any atom is 0.305 e. The van der Waals surface area contributed by atoms with Crippen LogP contribution in [0, 0.1) is 0 Å². The highest BCUT2D eigenvalue weighted by Gasteiger charge is 2.21. The maximum absolute atomic E-state index is 11.7. The van der Waals surface area contributed by atoms with Gasteiger partial charge >= 0.3 is 5.97 Å². The molecule has 1 rings (SSSR count). The Kier molecular flexibility index (Phi) is 4.94. The Labute approximate surface area is 119 Å². The van der Waals surface area contributed by atoms with Crippen molar-refractivity contribution in [1.82, 2.24) is 0 Å². The Bertz CT molecular complexity index is 599. The zero-order chi connectivity index (χ0) is 14.8. The number of ether oxygens (including phenoxy) is 1. The number of aliphatic carboxylic acids is 1. The Hall–Kier alpha value is -1.12. The lowest BCUT2D eigenvalue weighted by atomic mass is 10.0. The van der Waals surface area contributed by atoms with Gasteiger partial charge < -0.3 is 15.6 Å². The number of carboxylic acids is 1. The largest absolute Gasteiger partial charge is 0.494 e. The summed E-state index contributed by atoms with van der Waals surface area (Å²) in [7, 11) is -2.16. The van der Waals surface area contributed by atoms with Gasteiger partial charge in [-0.05, 0) is 33.6 Å². The molecule has 0 saturated carbocycles. The number of benzene rings is 1. The van der Waals surface area contributed by atoms with Crippen LogP contribution in [0.4, 0.5) is 0 Å². The van der Waals surface area contributed by atoms with Crippen molar-refractivity contribution in [2.45, 2.75) is 17.4 Å². The van der Waals surface area contributed by atoms with Crippen LogP contribution in [0.25, 0.3) is 0 Å². The molecular formula is C11H14BrNO5S. The third kappa shape index (κ3) is 3.92. The number of hydrogen-bond donors (Lipinski definition) is 2. The van der Waals surface area contributed by atoms with E-state index in [4.69, 9.17) is 15.6 Å². The van der Waals surface area contributed by atoms with E-state index in [1.807, 2.05) is 0 Å². The van der Waals surface area contributed by atoms with E-state index in [2.05, 4.69) is 15.9 Å². The first-order chi connectivity index (χ1) is 8.66. The summed E-state index contributed by atoms with van der Waals surface area (Å²) in [5, 5.41) is 8.71. The monoisotopic (exact) mass is 351 g/mol. The van der Waals surface area contributed by atoms with Crippen molar-refractivity contribution >= 4 is 31.7 Å². The Balaban J connectivity index is 3.39. The van der Waals surface area contributed by atoms with Crippen LogP contribution < -0.4 is 10.5 Å². The number of carboxylic acid groups (broad SMARTS) is 1. The molecular weight excluding hydrogens is 338 g/mol. The summed E-state index contributed by atoms with van der Waals surface area (Å²) in [5.74, 6) is -0.880. The van der Waals surface area contributed by atoms with Crippen molar-refractivity contribution in [3.05, 3.63) is 22.2 Å². The van der Waals surface area contributed by atoms with Crippen LogP contribution >= 0.6 is 15.9 Å². The molecule has 19 heavy (non-hydrogen) atoms. The summed E-state index contributed by atoms with van der Waals surface area (Å²) >= 11 is 3.19. The zero-order valence-corrected chi connectivity index (χ0v) is 12.8. The molecule has 0 bridgehead atoms. The fourth-order valence-corrected chi connectivity index (χ4v) is 3.23. The van der Waals surface area contributed by atoms with Gasteiger partial charge in [0.1, 0.15) is 4.90 Å². The van der Waals surface area contributed by atoms with Gasteiger partial charge in [-0.3, -0.25) is 4.79 Å². The fourth-order valence-electron chi connectivity index (χ4n) is 1.58. The van der Waals surface area contributed by atoms with Gasteiger partial charge in [0, 0.05) is 12.3 Å². The number of sulfone groups is 1. The molecule has 0 aromatic heterocycles. The Morgan fingerprint density at radius 3 is 2.53 bits per heavy atom. The lowest BCUT2D eigenvalue weighted by Gasteiger charge is -2.15. The van der Waals surface area contributed by atoms with Crippen molar-refractivity contribution in [2.24, 2.45) is 5.73 Å². The molecule has 0 aliphatic carbocycles. The van der Waals surface area contributed by atoms with E-state index in [0.717, 1.165) is 6.26 Å². The van der Waals surface area contributed by atoms with Crippen molar-refractivity contribution in [3.8, 4) is 5.75 Å². The molecule has 0 fully saturated rings. The predicted molar refractivity (Wildman–Crippen MR) is 73.0 cm³/mol. The molecule has 106 valence electrons. The Morgan fingerprint density at radius 2 is 2.11 bits per heavy atom. The number of rotatable bonds is 5. The normalized spacial score (nSPS) is 13.1. The molecule has 0 radical (unpaired) electrons. The average molecular weight is 352 g/mol.